The van der Waals surface area contributed by atoms with E-state index in [1.165, 1.54) is 13.0 Å². The molecule has 12 heteroatoms. The SMILES string of the molecule is CC(=O)O[C@@H](C)/C=C\C(=O)N[C@@H]1C[C@H](C)[C@H](C/C=C(C)/C=C/[C@H]2O[C@H](CC(=O)Nc3ccc(C(N)=O)cc3)CC3(CO3)[C@@H]2O)O[C@@H]1C. The van der Waals surface area contributed by atoms with Crippen LogP contribution in [0.25, 0.3) is 0 Å². The highest BCUT2D eigenvalue weighted by Gasteiger charge is 2.58. The lowest BCUT2D eigenvalue weighted by Gasteiger charge is -2.39. The molecule has 3 amide bonds. The fourth-order valence-corrected chi connectivity index (χ4v) is 6.02. The minimum absolute atomic E-state index is 0.0319. The molecule has 12 nitrogen and oxygen atoms in total. The van der Waals surface area contributed by atoms with Crippen molar-refractivity contribution in [3.63, 3.8) is 0 Å². The van der Waals surface area contributed by atoms with Crippen molar-refractivity contribution in [1.29, 1.82) is 0 Å². The lowest BCUT2D eigenvalue weighted by molar-refractivity contribution is -0.143. The van der Waals surface area contributed by atoms with Gasteiger partial charge in [0.05, 0.1) is 37.4 Å². The average Bonchev–Trinajstić information content (AvgIpc) is 3.77. The Labute approximate surface area is 275 Å². The number of aliphatic hydroxyl groups excluding tert-OH is 1. The summed E-state index contributed by atoms with van der Waals surface area (Å²) < 4.78 is 23.1. The van der Waals surface area contributed by atoms with E-state index < -0.39 is 41.9 Å². The van der Waals surface area contributed by atoms with Crippen molar-refractivity contribution in [2.75, 3.05) is 11.9 Å². The van der Waals surface area contributed by atoms with E-state index in [1.807, 2.05) is 26.0 Å². The molecule has 47 heavy (non-hydrogen) atoms. The minimum Gasteiger partial charge on any atom is -0.459 e. The number of benzene rings is 1. The maximum Gasteiger partial charge on any atom is 0.303 e. The largest absolute Gasteiger partial charge is 0.459 e. The number of hydrogen-bond acceptors (Lipinski definition) is 9. The molecule has 4 rings (SSSR count). The molecule has 3 heterocycles. The van der Waals surface area contributed by atoms with Crippen LogP contribution in [0.4, 0.5) is 5.69 Å². The Balaban J connectivity index is 1.27. The second kappa shape index (κ2) is 15.8. The Morgan fingerprint density at radius 1 is 1.13 bits per heavy atom. The highest BCUT2D eigenvalue weighted by Crippen LogP contribution is 2.43. The van der Waals surface area contributed by atoms with Crippen molar-refractivity contribution >= 4 is 29.4 Å². The number of rotatable bonds is 12. The normalized spacial score (nSPS) is 31.4. The van der Waals surface area contributed by atoms with E-state index in [-0.39, 0.29) is 42.4 Å². The van der Waals surface area contributed by atoms with Crippen LogP contribution in [0.1, 0.15) is 70.7 Å². The number of primary amides is 1. The van der Waals surface area contributed by atoms with Gasteiger partial charge >= 0.3 is 5.97 Å². The first kappa shape index (κ1) is 36.0. The van der Waals surface area contributed by atoms with Crippen molar-refractivity contribution in [3.8, 4) is 0 Å². The first-order valence-electron chi connectivity index (χ1n) is 16.1. The van der Waals surface area contributed by atoms with Crippen molar-refractivity contribution in [2.45, 2.75) is 109 Å². The fraction of sp³-hybridized carbons (Fsp3) is 0.543. The van der Waals surface area contributed by atoms with Gasteiger partial charge in [0.25, 0.3) is 0 Å². The van der Waals surface area contributed by atoms with E-state index in [0.717, 1.165) is 12.0 Å². The van der Waals surface area contributed by atoms with Gasteiger partial charge in [-0.1, -0.05) is 30.7 Å². The number of aliphatic hydroxyl groups is 1. The maximum absolute atomic E-state index is 12.8. The summed E-state index contributed by atoms with van der Waals surface area (Å²) in [4.78, 5) is 47.5. The number of ether oxygens (including phenoxy) is 4. The van der Waals surface area contributed by atoms with Gasteiger partial charge in [0.1, 0.15) is 23.9 Å². The van der Waals surface area contributed by atoms with Gasteiger partial charge in [-0.15, -0.1) is 0 Å². The summed E-state index contributed by atoms with van der Waals surface area (Å²) in [5.41, 5.74) is 6.42. The quantitative estimate of drug-likeness (QED) is 0.114. The molecular weight excluding hydrogens is 606 g/mol. The monoisotopic (exact) mass is 653 g/mol. The zero-order chi connectivity index (χ0) is 34.3. The lowest BCUT2D eigenvalue weighted by Crippen LogP contribution is -2.50. The van der Waals surface area contributed by atoms with E-state index >= 15 is 0 Å². The Morgan fingerprint density at radius 2 is 1.83 bits per heavy atom. The van der Waals surface area contributed by atoms with Crippen LogP contribution in [0.2, 0.25) is 0 Å². The molecule has 0 aliphatic carbocycles. The van der Waals surface area contributed by atoms with Gasteiger partial charge < -0.3 is 40.4 Å². The standard InChI is InChI=1S/C35H47N3O9/c1-20(6-13-29-21(2)16-28(23(4)46-29)38-31(40)15-8-22(3)45-24(5)39)7-14-30-33(42)35(19-44-35)18-27(47-30)17-32(41)37-26-11-9-25(10-12-26)34(36)43/h6-12,14-15,21-23,27-30,33,42H,13,16-19H2,1-5H3,(H2,36,43)(H,37,41)(H,38,40)/b14-7+,15-8-,20-6+/t21-,22-,23+,27+,28+,29-,30+,33+,35?/m0/s1. The van der Waals surface area contributed by atoms with Gasteiger partial charge in [0, 0.05) is 30.7 Å². The number of anilines is 1. The summed E-state index contributed by atoms with van der Waals surface area (Å²) in [6, 6.07) is 6.17. The molecule has 9 atom stereocenters. The van der Waals surface area contributed by atoms with Crippen LogP contribution in [0, 0.1) is 5.92 Å². The molecule has 5 N–H and O–H groups in total. The molecule has 3 fully saturated rings. The van der Waals surface area contributed by atoms with Gasteiger partial charge in [-0.05, 0) is 69.9 Å². The van der Waals surface area contributed by atoms with Crippen LogP contribution < -0.4 is 16.4 Å². The highest BCUT2D eigenvalue weighted by atomic mass is 16.6. The molecule has 1 spiro atoms. The first-order chi connectivity index (χ1) is 22.2. The number of nitrogens with one attached hydrogen (secondary N) is 2. The molecule has 1 unspecified atom stereocenters. The van der Waals surface area contributed by atoms with Gasteiger partial charge in [-0.25, -0.2) is 0 Å². The topological polar surface area (TPSA) is 179 Å². The van der Waals surface area contributed by atoms with Crippen molar-refractivity contribution < 1.29 is 43.2 Å². The third kappa shape index (κ3) is 10.3. The predicted molar refractivity (Wildman–Crippen MR) is 174 cm³/mol. The third-order valence-electron chi connectivity index (χ3n) is 8.79. The number of carbonyl (C=O) groups excluding carboxylic acids is 4. The fourth-order valence-electron chi connectivity index (χ4n) is 6.02. The van der Waals surface area contributed by atoms with Crippen LogP contribution in [0.15, 0.2) is 60.2 Å². The molecule has 1 aromatic carbocycles. The number of hydrogen-bond donors (Lipinski definition) is 4. The number of nitrogens with two attached hydrogens (primary N) is 1. The second-order valence-corrected chi connectivity index (χ2v) is 12.8. The van der Waals surface area contributed by atoms with Crippen LogP contribution >= 0.6 is 0 Å². The summed E-state index contributed by atoms with van der Waals surface area (Å²) >= 11 is 0. The predicted octanol–water partition coefficient (Wildman–Crippen LogP) is 3.10. The van der Waals surface area contributed by atoms with Crippen molar-refractivity contribution in [1.82, 2.24) is 5.32 Å². The molecule has 3 saturated heterocycles. The van der Waals surface area contributed by atoms with Crippen molar-refractivity contribution in [2.24, 2.45) is 11.7 Å². The first-order valence-corrected chi connectivity index (χ1v) is 16.1. The van der Waals surface area contributed by atoms with E-state index in [1.54, 1.807) is 37.3 Å². The van der Waals surface area contributed by atoms with Crippen LogP contribution in [-0.2, 0) is 33.3 Å². The molecule has 0 bridgehead atoms. The molecule has 3 aliphatic rings. The van der Waals surface area contributed by atoms with Crippen LogP contribution in [-0.4, -0.2) is 83.7 Å². The van der Waals surface area contributed by atoms with E-state index in [2.05, 4.69) is 23.6 Å². The number of esters is 1. The molecule has 256 valence electrons. The zero-order valence-corrected chi connectivity index (χ0v) is 27.6. The molecule has 0 saturated carbocycles. The molecule has 3 aliphatic heterocycles. The lowest BCUT2D eigenvalue weighted by atomic mass is 9.87. The van der Waals surface area contributed by atoms with E-state index in [0.29, 0.717) is 30.7 Å². The van der Waals surface area contributed by atoms with Gasteiger partial charge in [-0.3, -0.25) is 19.2 Å². The minimum atomic E-state index is -0.860. The number of epoxide rings is 1. The van der Waals surface area contributed by atoms with Gasteiger partial charge in [0.2, 0.25) is 17.7 Å². The maximum atomic E-state index is 12.8. The van der Waals surface area contributed by atoms with Crippen LogP contribution in [0.5, 0.6) is 0 Å². The summed E-state index contributed by atoms with van der Waals surface area (Å²) in [5, 5.41) is 16.8. The highest BCUT2D eigenvalue weighted by molar-refractivity contribution is 5.95. The Kier molecular flexibility index (Phi) is 12.1. The summed E-state index contributed by atoms with van der Waals surface area (Å²) in [7, 11) is 0. The second-order valence-electron chi connectivity index (χ2n) is 12.8. The van der Waals surface area contributed by atoms with E-state index in [9.17, 15) is 24.3 Å². The Hall–Kier alpha value is -3.84. The Morgan fingerprint density at radius 3 is 2.47 bits per heavy atom. The van der Waals surface area contributed by atoms with Crippen molar-refractivity contribution in [3.05, 3.63) is 65.8 Å². The number of allylic oxidation sites excluding steroid dienone is 2. The number of amides is 3. The average molecular weight is 654 g/mol. The van der Waals surface area contributed by atoms with Crippen LogP contribution in [0.3, 0.4) is 0 Å². The summed E-state index contributed by atoms with van der Waals surface area (Å²) in [6.45, 7) is 9.42. The number of carbonyl (C=O) groups is 4. The third-order valence-corrected chi connectivity index (χ3v) is 8.79. The molecule has 0 aromatic heterocycles. The van der Waals surface area contributed by atoms with Gasteiger partial charge in [0.15, 0.2) is 0 Å². The van der Waals surface area contributed by atoms with E-state index in [4.69, 9.17) is 24.7 Å². The Bertz CT molecular complexity index is 1380. The summed E-state index contributed by atoms with van der Waals surface area (Å²) in [5.74, 6) is -1.27. The van der Waals surface area contributed by atoms with Gasteiger partial charge in [-0.2, -0.15) is 0 Å². The summed E-state index contributed by atoms with van der Waals surface area (Å²) in [6.07, 6.45) is 7.94. The molecule has 0 radical (unpaired) electrons. The zero-order valence-electron chi connectivity index (χ0n) is 27.6. The molecule has 1 aromatic rings. The smallest absolute Gasteiger partial charge is 0.303 e. The molecular formula is C35H47N3O9.